The summed E-state index contributed by atoms with van der Waals surface area (Å²) in [5, 5.41) is 32.2. The van der Waals surface area contributed by atoms with Gasteiger partial charge >= 0.3 is 5.97 Å². The Morgan fingerprint density at radius 3 is 2.33 bits per heavy atom. The van der Waals surface area contributed by atoms with Crippen molar-refractivity contribution >= 4 is 28.9 Å². The van der Waals surface area contributed by atoms with Crippen molar-refractivity contribution in [3.05, 3.63) is 99.6 Å². The van der Waals surface area contributed by atoms with Crippen molar-refractivity contribution in [1.29, 1.82) is 0 Å². The lowest BCUT2D eigenvalue weighted by Gasteiger charge is -2.41. The number of nitro groups is 1. The minimum absolute atomic E-state index is 0.0408. The number of carboxylic acids is 1. The van der Waals surface area contributed by atoms with Crippen LogP contribution >= 0.6 is 0 Å². The molecule has 45 heavy (non-hydrogen) atoms. The third-order valence-electron chi connectivity index (χ3n) is 8.11. The van der Waals surface area contributed by atoms with Crippen LogP contribution in [0.5, 0.6) is 0 Å². The van der Waals surface area contributed by atoms with Crippen LogP contribution in [-0.4, -0.2) is 70.7 Å². The number of non-ortho nitro benzene ring substituents is 1. The number of nitrogens with one attached hydrogen (secondary N) is 1. The highest BCUT2D eigenvalue weighted by Gasteiger charge is 2.34. The van der Waals surface area contributed by atoms with Gasteiger partial charge in [0.25, 0.3) is 5.69 Å². The molecule has 12 heteroatoms. The van der Waals surface area contributed by atoms with E-state index >= 15 is 0 Å². The van der Waals surface area contributed by atoms with Crippen molar-refractivity contribution in [2.45, 2.75) is 50.8 Å². The summed E-state index contributed by atoms with van der Waals surface area (Å²) in [6, 6.07) is 21.6. The predicted molar refractivity (Wildman–Crippen MR) is 167 cm³/mol. The molecular weight excluding hydrogens is 580 g/mol. The van der Waals surface area contributed by atoms with Crippen LogP contribution < -0.4 is 10.2 Å². The van der Waals surface area contributed by atoms with E-state index in [9.17, 15) is 24.8 Å². The summed E-state index contributed by atoms with van der Waals surface area (Å²) < 4.78 is 13.0. The zero-order valence-corrected chi connectivity index (χ0v) is 24.9. The highest BCUT2D eigenvalue weighted by Crippen LogP contribution is 2.39. The molecule has 0 spiro atoms. The van der Waals surface area contributed by atoms with Crippen LogP contribution in [-0.2, 0) is 25.7 Å². The van der Waals surface area contributed by atoms with Gasteiger partial charge in [-0.2, -0.15) is 0 Å². The molecule has 5 rings (SSSR count). The van der Waals surface area contributed by atoms with Gasteiger partial charge in [0.1, 0.15) is 0 Å². The summed E-state index contributed by atoms with van der Waals surface area (Å²) >= 11 is 0. The molecule has 3 atom stereocenters. The van der Waals surface area contributed by atoms with Gasteiger partial charge in [-0.25, -0.2) is 0 Å². The van der Waals surface area contributed by atoms with E-state index in [1.54, 1.807) is 18.2 Å². The topological polar surface area (TPSA) is 155 Å². The fourth-order valence-corrected chi connectivity index (χ4v) is 5.68. The first kappa shape index (κ1) is 32.0. The van der Waals surface area contributed by atoms with E-state index in [2.05, 4.69) is 15.1 Å². The largest absolute Gasteiger partial charge is 0.481 e. The second-order valence-corrected chi connectivity index (χ2v) is 11.3. The Labute approximate surface area is 261 Å². The second-order valence-electron chi connectivity index (χ2n) is 11.3. The Bertz CT molecular complexity index is 1460. The molecule has 2 aliphatic heterocycles. The van der Waals surface area contributed by atoms with Crippen LogP contribution in [0.25, 0.3) is 0 Å². The molecule has 3 N–H and O–H groups in total. The average molecular weight is 619 g/mol. The molecule has 12 nitrogen and oxygen atoms in total. The van der Waals surface area contributed by atoms with Crippen molar-refractivity contribution < 1.29 is 34.2 Å². The van der Waals surface area contributed by atoms with Gasteiger partial charge in [-0.05, 0) is 41.8 Å². The number of piperazine rings is 1. The Morgan fingerprint density at radius 1 is 0.933 bits per heavy atom. The van der Waals surface area contributed by atoms with Crippen LogP contribution in [0.4, 0.5) is 17.1 Å². The number of benzene rings is 3. The molecule has 3 aromatic carbocycles. The van der Waals surface area contributed by atoms with Gasteiger partial charge in [0.2, 0.25) is 5.91 Å². The Balaban J connectivity index is 1.25. The number of aliphatic carboxylic acids is 1. The van der Waals surface area contributed by atoms with Crippen LogP contribution in [0.2, 0.25) is 0 Å². The number of carbonyl (C=O) groups excluding carboxylic acids is 1. The maximum atomic E-state index is 12.4. The molecule has 0 bridgehead atoms. The van der Waals surface area contributed by atoms with Gasteiger partial charge in [0.05, 0.1) is 23.7 Å². The lowest BCUT2D eigenvalue weighted by Crippen LogP contribution is -2.49. The average Bonchev–Trinajstić information content (AvgIpc) is 3.05. The van der Waals surface area contributed by atoms with E-state index in [0.29, 0.717) is 18.7 Å². The fourth-order valence-electron chi connectivity index (χ4n) is 5.68. The number of ether oxygens (including phenoxy) is 2. The molecule has 2 fully saturated rings. The first-order valence-electron chi connectivity index (χ1n) is 15.1. The third kappa shape index (κ3) is 8.85. The van der Waals surface area contributed by atoms with E-state index < -0.39 is 17.2 Å². The lowest BCUT2D eigenvalue weighted by molar-refractivity contribution is -0.384. The van der Waals surface area contributed by atoms with Crippen molar-refractivity contribution in [3.63, 3.8) is 0 Å². The number of hydrogen-bond donors (Lipinski definition) is 3. The van der Waals surface area contributed by atoms with Crippen molar-refractivity contribution in [2.75, 3.05) is 42.9 Å². The highest BCUT2D eigenvalue weighted by atomic mass is 16.7. The Hall–Kier alpha value is -4.36. The predicted octanol–water partition coefficient (Wildman–Crippen LogP) is 4.65. The molecule has 2 saturated heterocycles. The maximum Gasteiger partial charge on any atom is 0.303 e. The molecule has 2 heterocycles. The van der Waals surface area contributed by atoms with E-state index in [1.165, 1.54) is 12.1 Å². The number of carbonyl (C=O) groups is 2. The molecule has 0 radical (unpaired) electrons. The third-order valence-corrected chi connectivity index (χ3v) is 8.11. The summed E-state index contributed by atoms with van der Waals surface area (Å²) in [7, 11) is 0. The van der Waals surface area contributed by atoms with E-state index in [-0.39, 0.29) is 49.7 Å². The molecular formula is C33H38N4O8. The molecule has 3 aromatic rings. The molecule has 0 aromatic heterocycles. The minimum atomic E-state index is -0.933. The van der Waals surface area contributed by atoms with Gasteiger partial charge < -0.3 is 29.9 Å². The molecule has 0 unspecified atom stereocenters. The summed E-state index contributed by atoms with van der Waals surface area (Å²) in [5.74, 6) is -1.19. The number of nitro benzene ring substituents is 1. The number of aliphatic hydroxyl groups is 1. The van der Waals surface area contributed by atoms with Crippen LogP contribution in [0, 0.1) is 10.1 Å². The molecule has 238 valence electrons. The molecule has 2 aliphatic rings. The van der Waals surface area contributed by atoms with Gasteiger partial charge in [-0.15, -0.1) is 0 Å². The zero-order chi connectivity index (χ0) is 31.8. The summed E-state index contributed by atoms with van der Waals surface area (Å²) in [6.07, 6.45) is -0.141. The van der Waals surface area contributed by atoms with Crippen molar-refractivity contribution in [2.24, 2.45) is 0 Å². The zero-order valence-electron chi connectivity index (χ0n) is 24.9. The standard InChI is InChI=1S/C33H38N4O8/c38-22-23-7-9-24(10-8-23)30-20-29(21-35-15-17-36(18-16-35)27-11-13-28(14-12-27)37(42)43)44-33(45-30)25-3-1-4-26(19-25)34-31(39)5-2-6-32(40)41/h1,3-4,7-14,19,29-30,33,38H,2,5-6,15-18,20-22H2,(H,34,39)(H,40,41)/t29-,30+,33+/m1/s1. The number of amides is 1. The Kier molecular flexibility index (Phi) is 10.7. The quantitative estimate of drug-likeness (QED) is 0.193. The molecule has 0 aliphatic carbocycles. The molecule has 0 saturated carbocycles. The van der Waals surface area contributed by atoms with Crippen LogP contribution in [0.15, 0.2) is 72.8 Å². The van der Waals surface area contributed by atoms with Gasteiger partial charge in [-0.3, -0.25) is 24.6 Å². The van der Waals surface area contributed by atoms with Gasteiger partial charge in [0, 0.05) is 81.1 Å². The summed E-state index contributed by atoms with van der Waals surface area (Å²) in [4.78, 5) is 38.4. The maximum absolute atomic E-state index is 12.4. The SMILES string of the molecule is O=C(O)CCCC(=O)Nc1cccc([C@H]2O[C@@H](CN3CCN(c4ccc([N+](=O)[O-])cc4)CC3)C[C@@H](c3ccc(CO)cc3)O2)c1. The smallest absolute Gasteiger partial charge is 0.303 e. The number of nitrogens with zero attached hydrogens (tertiary/aromatic N) is 3. The highest BCUT2D eigenvalue weighted by molar-refractivity contribution is 5.90. The van der Waals surface area contributed by atoms with E-state index in [0.717, 1.165) is 48.6 Å². The number of hydrogen-bond acceptors (Lipinski definition) is 9. The number of aliphatic hydroxyl groups excluding tert-OH is 1. The lowest BCUT2D eigenvalue weighted by atomic mass is 9.99. The monoisotopic (exact) mass is 618 g/mol. The van der Waals surface area contributed by atoms with Crippen LogP contribution in [0.3, 0.4) is 0 Å². The van der Waals surface area contributed by atoms with Gasteiger partial charge in [-0.1, -0.05) is 36.4 Å². The summed E-state index contributed by atoms with van der Waals surface area (Å²) in [6.45, 7) is 3.83. The normalized spacial score (nSPS) is 20.5. The van der Waals surface area contributed by atoms with Crippen molar-refractivity contribution in [1.82, 2.24) is 4.90 Å². The van der Waals surface area contributed by atoms with Gasteiger partial charge in [0.15, 0.2) is 6.29 Å². The number of carboxylic acid groups (broad SMARTS) is 1. The van der Waals surface area contributed by atoms with E-state index in [1.807, 2.05) is 42.5 Å². The summed E-state index contributed by atoms with van der Waals surface area (Å²) in [5.41, 5.74) is 4.17. The van der Waals surface area contributed by atoms with Crippen molar-refractivity contribution in [3.8, 4) is 0 Å². The fraction of sp³-hybridized carbons (Fsp3) is 0.394. The number of anilines is 2. The van der Waals surface area contributed by atoms with Crippen LogP contribution in [0.1, 0.15) is 54.8 Å². The first-order valence-corrected chi connectivity index (χ1v) is 15.1. The number of rotatable bonds is 12. The Morgan fingerprint density at radius 2 is 1.67 bits per heavy atom. The molecule has 1 amide bonds. The minimum Gasteiger partial charge on any atom is -0.481 e. The first-order chi connectivity index (χ1) is 21.8. The van der Waals surface area contributed by atoms with E-state index in [4.69, 9.17) is 14.6 Å². The second kappa shape index (κ2) is 15.1.